The van der Waals surface area contributed by atoms with Gasteiger partial charge in [-0.3, -0.25) is 14.5 Å². The lowest BCUT2D eigenvalue weighted by Gasteiger charge is -2.37. The van der Waals surface area contributed by atoms with Gasteiger partial charge in [0.05, 0.1) is 23.6 Å². The van der Waals surface area contributed by atoms with E-state index in [9.17, 15) is 14.0 Å². The molecule has 0 radical (unpaired) electrons. The number of nitrogens with zero attached hydrogens (tertiary/aromatic N) is 2. The summed E-state index contributed by atoms with van der Waals surface area (Å²) in [5.74, 6) is -0.942. The quantitative estimate of drug-likeness (QED) is 0.887. The van der Waals surface area contributed by atoms with Gasteiger partial charge in [-0.05, 0) is 31.2 Å². The lowest BCUT2D eigenvalue weighted by molar-refractivity contribution is -0.121. The first-order valence-electron chi connectivity index (χ1n) is 8.27. The standard InChI is InChI=1S/C18H19ClFN3O3/c1-12(17(24)21-16-10-14(19)2-3-15(16)20)22-5-7-23(8-6-22)18(25)13-4-9-26-11-13/h2-4,9-12H,5-8H2,1H3,(H,21,24). The molecule has 0 spiro atoms. The topological polar surface area (TPSA) is 65.8 Å². The number of carbonyl (C=O) groups is 2. The maximum atomic E-state index is 13.8. The Morgan fingerprint density at radius 2 is 1.96 bits per heavy atom. The van der Waals surface area contributed by atoms with E-state index in [1.165, 1.54) is 30.7 Å². The highest BCUT2D eigenvalue weighted by atomic mass is 35.5. The number of nitrogens with one attached hydrogen (secondary N) is 1. The van der Waals surface area contributed by atoms with Crippen LogP contribution in [0.4, 0.5) is 10.1 Å². The fourth-order valence-corrected chi connectivity index (χ4v) is 3.05. The molecule has 1 atom stereocenters. The van der Waals surface area contributed by atoms with Gasteiger partial charge in [0.1, 0.15) is 12.1 Å². The first-order chi connectivity index (χ1) is 12.5. The number of anilines is 1. The molecule has 0 saturated carbocycles. The molecule has 1 aliphatic rings. The molecular weight excluding hydrogens is 361 g/mol. The molecule has 0 aliphatic carbocycles. The van der Waals surface area contributed by atoms with Crippen molar-refractivity contribution < 1.29 is 18.4 Å². The van der Waals surface area contributed by atoms with E-state index < -0.39 is 11.9 Å². The summed E-state index contributed by atoms with van der Waals surface area (Å²) < 4.78 is 18.7. The van der Waals surface area contributed by atoms with E-state index in [0.29, 0.717) is 36.8 Å². The highest BCUT2D eigenvalue weighted by molar-refractivity contribution is 6.30. The van der Waals surface area contributed by atoms with E-state index >= 15 is 0 Å². The number of hydrogen-bond donors (Lipinski definition) is 1. The molecule has 0 bridgehead atoms. The van der Waals surface area contributed by atoms with Gasteiger partial charge < -0.3 is 14.6 Å². The molecule has 3 rings (SSSR count). The SMILES string of the molecule is CC(C(=O)Nc1cc(Cl)ccc1F)N1CCN(C(=O)c2ccoc2)CC1. The van der Waals surface area contributed by atoms with E-state index in [1.54, 1.807) is 17.9 Å². The fraction of sp³-hybridized carbons (Fsp3) is 0.333. The predicted octanol–water partition coefficient (Wildman–Crippen LogP) is 2.86. The van der Waals surface area contributed by atoms with Gasteiger partial charge in [-0.25, -0.2) is 4.39 Å². The average molecular weight is 380 g/mol. The Bertz CT molecular complexity index is 789. The van der Waals surface area contributed by atoms with Gasteiger partial charge in [0.2, 0.25) is 5.91 Å². The summed E-state index contributed by atoms with van der Waals surface area (Å²) in [6, 6.07) is 5.18. The zero-order valence-electron chi connectivity index (χ0n) is 14.2. The van der Waals surface area contributed by atoms with Crippen molar-refractivity contribution in [2.24, 2.45) is 0 Å². The molecule has 1 saturated heterocycles. The molecule has 1 fully saturated rings. The highest BCUT2D eigenvalue weighted by Crippen LogP contribution is 2.20. The lowest BCUT2D eigenvalue weighted by atomic mass is 10.2. The van der Waals surface area contributed by atoms with Gasteiger partial charge in [-0.2, -0.15) is 0 Å². The molecule has 8 heteroatoms. The summed E-state index contributed by atoms with van der Waals surface area (Å²) in [6.45, 7) is 3.87. The van der Waals surface area contributed by atoms with Gasteiger partial charge in [-0.1, -0.05) is 11.6 Å². The second kappa shape index (κ2) is 7.88. The third-order valence-electron chi connectivity index (χ3n) is 4.48. The van der Waals surface area contributed by atoms with Crippen LogP contribution in [0.5, 0.6) is 0 Å². The molecule has 2 heterocycles. The Hall–Kier alpha value is -2.38. The average Bonchev–Trinajstić information content (AvgIpc) is 3.18. The molecule has 1 aliphatic heterocycles. The summed E-state index contributed by atoms with van der Waals surface area (Å²) in [5.41, 5.74) is 0.573. The minimum atomic E-state index is -0.537. The zero-order valence-corrected chi connectivity index (χ0v) is 15.0. The molecule has 1 unspecified atom stereocenters. The number of carbonyl (C=O) groups excluding carboxylic acids is 2. The van der Waals surface area contributed by atoms with Crippen LogP contribution in [0.25, 0.3) is 0 Å². The molecular formula is C18H19ClFN3O3. The Kier molecular flexibility index (Phi) is 5.58. The maximum absolute atomic E-state index is 13.8. The minimum absolute atomic E-state index is 0.0584. The minimum Gasteiger partial charge on any atom is -0.472 e. The molecule has 2 aromatic rings. The predicted molar refractivity (Wildman–Crippen MR) is 95.7 cm³/mol. The van der Waals surface area contributed by atoms with E-state index in [-0.39, 0.29) is 17.5 Å². The number of hydrogen-bond acceptors (Lipinski definition) is 4. The first-order valence-corrected chi connectivity index (χ1v) is 8.65. The molecule has 6 nitrogen and oxygen atoms in total. The molecule has 1 aromatic carbocycles. The van der Waals surface area contributed by atoms with Crippen LogP contribution in [-0.4, -0.2) is 53.8 Å². The van der Waals surface area contributed by atoms with Crippen molar-refractivity contribution in [1.29, 1.82) is 0 Å². The monoisotopic (exact) mass is 379 g/mol. The molecule has 138 valence electrons. The van der Waals surface area contributed by atoms with Crippen molar-refractivity contribution in [2.75, 3.05) is 31.5 Å². The van der Waals surface area contributed by atoms with E-state index in [4.69, 9.17) is 16.0 Å². The van der Waals surface area contributed by atoms with Crippen molar-refractivity contribution in [3.8, 4) is 0 Å². The first kappa shape index (κ1) is 18.4. The smallest absolute Gasteiger partial charge is 0.257 e. The number of furan rings is 1. The Labute approximate surface area is 155 Å². The van der Waals surface area contributed by atoms with Crippen LogP contribution in [0.15, 0.2) is 41.2 Å². The van der Waals surface area contributed by atoms with Crippen molar-refractivity contribution in [3.05, 3.63) is 53.2 Å². The molecule has 1 N–H and O–H groups in total. The summed E-state index contributed by atoms with van der Waals surface area (Å²) in [5, 5.41) is 2.92. The fourth-order valence-electron chi connectivity index (χ4n) is 2.88. The second-order valence-electron chi connectivity index (χ2n) is 6.13. The lowest BCUT2D eigenvalue weighted by Crippen LogP contribution is -2.54. The Morgan fingerprint density at radius 3 is 2.62 bits per heavy atom. The third-order valence-corrected chi connectivity index (χ3v) is 4.72. The number of piperazine rings is 1. The van der Waals surface area contributed by atoms with Gasteiger partial charge in [-0.15, -0.1) is 0 Å². The summed E-state index contributed by atoms with van der Waals surface area (Å²) >= 11 is 5.84. The van der Waals surface area contributed by atoms with Crippen molar-refractivity contribution >= 4 is 29.1 Å². The van der Waals surface area contributed by atoms with Crippen LogP contribution in [0.1, 0.15) is 17.3 Å². The van der Waals surface area contributed by atoms with E-state index in [1.807, 2.05) is 4.90 Å². The van der Waals surface area contributed by atoms with Gasteiger partial charge >= 0.3 is 0 Å². The van der Waals surface area contributed by atoms with E-state index in [0.717, 1.165) is 0 Å². The van der Waals surface area contributed by atoms with Crippen LogP contribution in [-0.2, 0) is 4.79 Å². The van der Waals surface area contributed by atoms with Crippen molar-refractivity contribution in [1.82, 2.24) is 9.80 Å². The number of benzene rings is 1. The number of halogens is 2. The molecule has 26 heavy (non-hydrogen) atoms. The third kappa shape index (κ3) is 4.05. The van der Waals surface area contributed by atoms with Gasteiger partial charge in [0.15, 0.2) is 0 Å². The maximum Gasteiger partial charge on any atom is 0.257 e. The normalized spacial score (nSPS) is 16.3. The van der Waals surface area contributed by atoms with Crippen molar-refractivity contribution in [3.63, 3.8) is 0 Å². The summed E-state index contributed by atoms with van der Waals surface area (Å²) in [6.07, 6.45) is 2.88. The second-order valence-corrected chi connectivity index (χ2v) is 6.57. The van der Waals surface area contributed by atoms with Crippen LogP contribution < -0.4 is 5.32 Å². The Balaban J connectivity index is 1.56. The summed E-state index contributed by atoms with van der Waals surface area (Å²) in [7, 11) is 0. The number of rotatable bonds is 4. The number of amides is 2. The summed E-state index contributed by atoms with van der Waals surface area (Å²) in [4.78, 5) is 28.4. The molecule has 1 aromatic heterocycles. The van der Waals surface area contributed by atoms with E-state index in [2.05, 4.69) is 5.32 Å². The molecule has 2 amide bonds. The van der Waals surface area contributed by atoms with Crippen LogP contribution in [0.2, 0.25) is 5.02 Å². The van der Waals surface area contributed by atoms with Gasteiger partial charge in [0, 0.05) is 31.2 Å². The van der Waals surface area contributed by atoms with Crippen LogP contribution in [0, 0.1) is 5.82 Å². The highest BCUT2D eigenvalue weighted by Gasteiger charge is 2.28. The largest absolute Gasteiger partial charge is 0.472 e. The van der Waals surface area contributed by atoms with Gasteiger partial charge in [0.25, 0.3) is 5.91 Å². The zero-order chi connectivity index (χ0) is 18.7. The Morgan fingerprint density at radius 1 is 1.23 bits per heavy atom. The van der Waals surface area contributed by atoms with Crippen LogP contribution >= 0.6 is 11.6 Å². The van der Waals surface area contributed by atoms with Crippen LogP contribution in [0.3, 0.4) is 0 Å². The van der Waals surface area contributed by atoms with Crippen molar-refractivity contribution in [2.45, 2.75) is 13.0 Å².